The molecule has 0 aromatic rings. The highest BCUT2D eigenvalue weighted by molar-refractivity contribution is 5.87. The van der Waals surface area contributed by atoms with Crippen LogP contribution in [0.1, 0.15) is 303 Å². The van der Waals surface area contributed by atoms with Gasteiger partial charge in [0.05, 0.1) is 79.2 Å². The Morgan fingerprint density at radius 1 is 0.270 bits per heavy atom. The maximum Gasteiger partial charge on any atom is 0.407 e. The van der Waals surface area contributed by atoms with Gasteiger partial charge in [-0.2, -0.15) is 0 Å². The van der Waals surface area contributed by atoms with Crippen LogP contribution >= 0.6 is 0 Å². The maximum absolute atomic E-state index is 12.1. The van der Waals surface area contributed by atoms with Gasteiger partial charge in [0.15, 0.2) is 0 Å². The van der Waals surface area contributed by atoms with Crippen LogP contribution in [0.25, 0.3) is 0 Å². The van der Waals surface area contributed by atoms with E-state index < -0.39 is 12.1 Å². The summed E-state index contributed by atoms with van der Waals surface area (Å²) in [6.45, 7) is 12.7. The summed E-state index contributed by atoms with van der Waals surface area (Å²) in [5.41, 5.74) is 0.276. The summed E-state index contributed by atoms with van der Waals surface area (Å²) < 4.78 is 63.0. The molecule has 0 heterocycles. The monoisotopic (exact) mass is 1430 g/mol. The van der Waals surface area contributed by atoms with Crippen molar-refractivity contribution in [3.8, 4) is 0 Å². The fourth-order valence-electron chi connectivity index (χ4n) is 9.62. The summed E-state index contributed by atoms with van der Waals surface area (Å²) in [5.74, 6) is -2.77. The number of rotatable bonds is 70. The first kappa shape index (κ1) is 93.2. The second kappa shape index (κ2) is 69.3. The molecular weight excluding hydrogens is 1300 g/mol. The zero-order valence-electron chi connectivity index (χ0n) is 61.4. The number of carbonyl (C=O) groups excluding carboxylic acids is 12. The molecule has 25 heteroatoms. The minimum atomic E-state index is -0.612. The lowest BCUT2D eigenvalue weighted by Gasteiger charge is -2.14. The predicted octanol–water partition coefficient (Wildman–Crippen LogP) is 14.1. The van der Waals surface area contributed by atoms with Crippen LogP contribution in [0.3, 0.4) is 0 Å². The number of nitrogens with one attached hydrogen (secondary N) is 1. The molecule has 576 valence electrons. The van der Waals surface area contributed by atoms with Crippen LogP contribution < -0.4 is 5.32 Å². The van der Waals surface area contributed by atoms with Crippen LogP contribution in [0.4, 0.5) is 4.79 Å². The third-order valence-electron chi connectivity index (χ3n) is 15.8. The van der Waals surface area contributed by atoms with Crippen LogP contribution in [0.15, 0.2) is 12.2 Å². The van der Waals surface area contributed by atoms with E-state index in [2.05, 4.69) is 25.7 Å². The topological polar surface area (TPSA) is 328 Å². The van der Waals surface area contributed by atoms with E-state index in [9.17, 15) is 57.5 Å². The van der Waals surface area contributed by atoms with E-state index in [0.29, 0.717) is 212 Å². The van der Waals surface area contributed by atoms with E-state index in [-0.39, 0.29) is 176 Å². The lowest BCUT2D eigenvalue weighted by molar-refractivity contribution is -0.146. The third-order valence-corrected chi connectivity index (χ3v) is 15.8. The lowest BCUT2D eigenvalue weighted by atomic mass is 10.0. The van der Waals surface area contributed by atoms with Gasteiger partial charge in [0, 0.05) is 69.8 Å². The smallest absolute Gasteiger partial charge is 0.407 e. The Kier molecular flexibility index (Phi) is 64.5. The molecule has 0 radical (unpaired) electrons. The Balaban J connectivity index is 3.54. The molecule has 1 amide bonds. The molecule has 1 atom stereocenters. The van der Waals surface area contributed by atoms with E-state index in [4.69, 9.17) is 56.8 Å². The van der Waals surface area contributed by atoms with Crippen LogP contribution in [-0.2, 0) is 110 Å². The molecule has 0 rings (SSSR count). The van der Waals surface area contributed by atoms with Gasteiger partial charge in [-0.05, 0) is 212 Å². The molecule has 0 bridgehead atoms. The van der Waals surface area contributed by atoms with Crippen LogP contribution in [0, 0.1) is 5.92 Å². The molecule has 0 aliphatic rings. The predicted molar refractivity (Wildman–Crippen MR) is 373 cm³/mol. The van der Waals surface area contributed by atoms with E-state index in [1.54, 1.807) is 0 Å². The van der Waals surface area contributed by atoms with Gasteiger partial charge in [0.2, 0.25) is 0 Å². The number of alkyl carbamates (subject to hydrolysis) is 1. The van der Waals surface area contributed by atoms with Crippen LogP contribution in [0.5, 0.6) is 0 Å². The van der Waals surface area contributed by atoms with Crippen molar-refractivity contribution in [3.63, 3.8) is 0 Å². The van der Waals surface area contributed by atoms with Crippen LogP contribution in [0.2, 0.25) is 0 Å². The Hall–Kier alpha value is -6.82. The van der Waals surface area contributed by atoms with E-state index >= 15 is 0 Å². The fourth-order valence-corrected chi connectivity index (χ4v) is 9.62. The van der Waals surface area contributed by atoms with Gasteiger partial charge in [0.1, 0.15) is 6.61 Å². The van der Waals surface area contributed by atoms with Crippen molar-refractivity contribution in [2.75, 3.05) is 85.8 Å². The molecule has 0 saturated carbocycles. The second-order valence-electron chi connectivity index (χ2n) is 25.2. The summed E-state index contributed by atoms with van der Waals surface area (Å²) in [4.78, 5) is 144. The van der Waals surface area contributed by atoms with Crippen LogP contribution in [-0.4, -0.2) is 158 Å². The van der Waals surface area contributed by atoms with Crippen molar-refractivity contribution in [3.05, 3.63) is 12.2 Å². The van der Waals surface area contributed by atoms with Gasteiger partial charge >= 0.3 is 71.8 Å². The van der Waals surface area contributed by atoms with Gasteiger partial charge in [-0.25, -0.2) is 9.59 Å². The van der Waals surface area contributed by atoms with Crippen molar-refractivity contribution >= 4 is 71.8 Å². The Morgan fingerprint density at radius 2 is 0.490 bits per heavy atom. The highest BCUT2D eigenvalue weighted by Crippen LogP contribution is 2.16. The number of carbonyl (C=O) groups is 12. The third kappa shape index (κ3) is 67.0. The molecule has 0 fully saturated rings. The number of esters is 11. The molecule has 0 aliphatic heterocycles. The van der Waals surface area contributed by atoms with Crippen molar-refractivity contribution in [1.29, 1.82) is 0 Å². The minimum absolute atomic E-state index is 0.0165. The molecule has 1 N–H and O–H groups in total. The van der Waals surface area contributed by atoms with Crippen molar-refractivity contribution in [1.82, 2.24) is 5.32 Å². The average molecular weight is 1430 g/mol. The van der Waals surface area contributed by atoms with Crippen molar-refractivity contribution in [2.45, 2.75) is 303 Å². The van der Waals surface area contributed by atoms with Gasteiger partial charge in [0.25, 0.3) is 0 Å². The maximum atomic E-state index is 12.1. The lowest BCUT2D eigenvalue weighted by Crippen LogP contribution is -2.29. The van der Waals surface area contributed by atoms with Gasteiger partial charge in [-0.15, -0.1) is 0 Å². The summed E-state index contributed by atoms with van der Waals surface area (Å²) in [7, 11) is 0. The van der Waals surface area contributed by atoms with Gasteiger partial charge in [-0.1, -0.05) is 39.7 Å². The molecule has 1 unspecified atom stereocenters. The van der Waals surface area contributed by atoms with Gasteiger partial charge < -0.3 is 62.2 Å². The fraction of sp³-hybridized carbons (Fsp3) is 0.813. The molecule has 0 aliphatic carbocycles. The number of hydrogen-bond donors (Lipinski definition) is 1. The minimum Gasteiger partial charge on any atom is -0.466 e. The van der Waals surface area contributed by atoms with E-state index in [1.165, 1.54) is 6.92 Å². The summed E-state index contributed by atoms with van der Waals surface area (Å²) in [6.07, 6.45) is 26.7. The Bertz CT molecular complexity index is 2220. The summed E-state index contributed by atoms with van der Waals surface area (Å²) in [5, 5.41) is 2.47. The zero-order chi connectivity index (χ0) is 73.6. The molecule has 100 heavy (non-hydrogen) atoms. The van der Waals surface area contributed by atoms with E-state index in [1.807, 2.05) is 0 Å². The molecular formula is C75H127NO24. The molecule has 0 saturated heterocycles. The number of amides is 1. The number of ether oxygens (including phenoxy) is 12. The first-order valence-corrected chi connectivity index (χ1v) is 37.7. The van der Waals surface area contributed by atoms with Crippen molar-refractivity contribution < 1.29 is 114 Å². The highest BCUT2D eigenvalue weighted by atomic mass is 16.6. The molecule has 0 spiro atoms. The quantitative estimate of drug-likeness (QED) is 0.0256. The zero-order valence-corrected chi connectivity index (χ0v) is 61.4. The first-order valence-electron chi connectivity index (χ1n) is 37.7. The highest BCUT2D eigenvalue weighted by Gasteiger charge is 2.14. The Labute approximate surface area is 596 Å². The first-order chi connectivity index (χ1) is 48.4. The molecule has 0 aromatic heterocycles. The summed E-state index contributed by atoms with van der Waals surface area (Å²) >= 11 is 0. The second-order valence-corrected chi connectivity index (χ2v) is 25.2. The van der Waals surface area contributed by atoms with Gasteiger partial charge in [-0.3, -0.25) is 47.9 Å². The largest absolute Gasteiger partial charge is 0.466 e. The standard InChI is InChI=1S/C75H127NO24/c1-5-7-38-63(6-2)61-100-73(86)48-27-16-36-58-97-71(84)46-25-14-34-56-95-69(82)44-23-12-32-54-93-67(80)42-21-10-30-52-91-65(78)40-19-8-28-50-89-64(77)39-18-9-29-51-90-66(79)41-20-11-31-53-92-68(81)43-22-13-33-55-94-70(83)45-24-15-35-57-96-72(85)47-26-17-37-59-99-75(88)76-49-60-98-74(87)62(3)4/h63H,3,5-61H2,1-2,4H3,(H,76,88). The number of unbranched alkanes of at least 4 members (excludes halogenated alkanes) is 21. The number of hydrogen-bond acceptors (Lipinski definition) is 24. The molecule has 0 aromatic carbocycles. The molecule has 25 nitrogen and oxygen atoms in total. The van der Waals surface area contributed by atoms with Crippen molar-refractivity contribution in [2.24, 2.45) is 5.92 Å². The SMILES string of the molecule is C=C(C)C(=O)OCCNC(=O)OCCCCCC(=O)OCCCCCC(=O)OCCCCCC(=O)OCCCCCC(=O)OCCCCCC(=O)OCCCCCC(=O)OCCCCCC(=O)OCCCCCC(=O)OCCCCCC(=O)OCCCCCC(=O)OCC(CC)CCCC. The Morgan fingerprint density at radius 3 is 0.700 bits per heavy atom. The summed E-state index contributed by atoms with van der Waals surface area (Å²) in [6, 6.07) is 0. The van der Waals surface area contributed by atoms with E-state index in [0.717, 1.165) is 51.4 Å². The normalized spacial score (nSPS) is 11.1. The average Bonchev–Trinajstić information content (AvgIpc) is 2.84.